The Morgan fingerprint density at radius 1 is 1.33 bits per heavy atom. The Kier molecular flexibility index (Phi) is 4.44. The highest BCUT2D eigenvalue weighted by atomic mass is 32.1. The van der Waals surface area contributed by atoms with Crippen LogP contribution in [-0.2, 0) is 6.54 Å². The summed E-state index contributed by atoms with van der Waals surface area (Å²) in [6.07, 6.45) is 0. The smallest absolute Gasteiger partial charge is 0.335 e. The van der Waals surface area contributed by atoms with Crippen LogP contribution in [0.15, 0.2) is 35.7 Å². The van der Waals surface area contributed by atoms with Gasteiger partial charge in [-0.2, -0.15) is 0 Å². The summed E-state index contributed by atoms with van der Waals surface area (Å²) >= 11 is 1.55. The molecule has 2 rings (SSSR count). The summed E-state index contributed by atoms with van der Waals surface area (Å²) in [7, 11) is 1.64. The van der Waals surface area contributed by atoms with E-state index in [0.717, 1.165) is 10.9 Å². The lowest BCUT2D eigenvalue weighted by atomic mass is 10.2. The lowest BCUT2D eigenvalue weighted by molar-refractivity contribution is 0.0696. The fourth-order valence-electron chi connectivity index (χ4n) is 1.69. The number of carboxylic acids is 1. The van der Waals surface area contributed by atoms with E-state index < -0.39 is 5.97 Å². The first-order chi connectivity index (χ1) is 9.97. The Hall–Kier alpha value is -2.54. The van der Waals surface area contributed by atoms with Crippen molar-refractivity contribution >= 4 is 29.0 Å². The van der Waals surface area contributed by atoms with E-state index in [0.29, 0.717) is 6.54 Å². The topological polar surface area (TPSA) is 89.9 Å². The molecule has 1 heterocycles. The number of thiophene rings is 1. The summed E-state index contributed by atoms with van der Waals surface area (Å²) in [5, 5.41) is 23.0. The molecule has 0 atom stereocenters. The molecule has 1 aromatic carbocycles. The normalized spacial score (nSPS) is 10.1. The number of hydrogen-bond acceptors (Lipinski definition) is 4. The summed E-state index contributed by atoms with van der Waals surface area (Å²) in [6, 6.07) is 7.21. The van der Waals surface area contributed by atoms with Crippen molar-refractivity contribution in [2.75, 3.05) is 12.4 Å². The molecule has 0 unspecified atom stereocenters. The van der Waals surface area contributed by atoms with E-state index >= 15 is 0 Å². The number of hydrogen-bond donors (Lipinski definition) is 3. The van der Waals surface area contributed by atoms with Gasteiger partial charge in [0.1, 0.15) is 5.75 Å². The number of phenols is 1. The molecule has 0 saturated heterocycles. The number of carboxylic acid groups (broad SMARTS) is 1. The van der Waals surface area contributed by atoms with E-state index in [4.69, 9.17) is 5.11 Å². The predicted octanol–water partition coefficient (Wildman–Crippen LogP) is 2.82. The second-order valence-corrected chi connectivity index (χ2v) is 5.43. The highest BCUT2D eigenvalue weighted by Gasteiger charge is 2.13. The minimum atomic E-state index is -1.14. The van der Waals surface area contributed by atoms with Crippen molar-refractivity contribution in [1.29, 1.82) is 0 Å². The molecule has 2 aromatic rings. The van der Waals surface area contributed by atoms with E-state index in [1.54, 1.807) is 18.4 Å². The van der Waals surface area contributed by atoms with Gasteiger partial charge < -0.3 is 20.4 Å². The zero-order valence-electron chi connectivity index (χ0n) is 11.2. The van der Waals surface area contributed by atoms with Gasteiger partial charge in [0.25, 0.3) is 0 Å². The molecule has 0 bridgehead atoms. The van der Waals surface area contributed by atoms with Crippen LogP contribution in [0.2, 0.25) is 0 Å². The zero-order chi connectivity index (χ0) is 15.4. The van der Waals surface area contributed by atoms with Crippen molar-refractivity contribution < 1.29 is 19.8 Å². The average molecular weight is 306 g/mol. The van der Waals surface area contributed by atoms with Crippen molar-refractivity contribution in [2.45, 2.75) is 6.54 Å². The number of anilines is 1. The van der Waals surface area contributed by atoms with Crippen molar-refractivity contribution in [3.63, 3.8) is 0 Å². The minimum absolute atomic E-state index is 0.0440. The summed E-state index contributed by atoms with van der Waals surface area (Å²) in [4.78, 5) is 25.3. The van der Waals surface area contributed by atoms with E-state index in [1.165, 1.54) is 17.0 Å². The van der Waals surface area contributed by atoms with Gasteiger partial charge in [-0.25, -0.2) is 9.59 Å². The number of phenolic OH excluding ortho intramolecular Hbond substituents is 1. The van der Waals surface area contributed by atoms with Gasteiger partial charge in [-0.05, 0) is 29.6 Å². The van der Waals surface area contributed by atoms with Crippen LogP contribution in [-0.4, -0.2) is 34.2 Å². The number of carbonyl (C=O) groups is 2. The molecule has 1 aromatic heterocycles. The minimum Gasteiger partial charge on any atom is -0.506 e. The summed E-state index contributed by atoms with van der Waals surface area (Å²) in [6.45, 7) is 0.456. The van der Waals surface area contributed by atoms with E-state index in [-0.39, 0.29) is 23.0 Å². The molecule has 0 saturated carbocycles. The molecule has 0 aliphatic heterocycles. The van der Waals surface area contributed by atoms with Gasteiger partial charge in [-0.15, -0.1) is 11.3 Å². The van der Waals surface area contributed by atoms with Crippen LogP contribution in [0.1, 0.15) is 15.2 Å². The van der Waals surface area contributed by atoms with Gasteiger partial charge in [-0.3, -0.25) is 0 Å². The second-order valence-electron chi connectivity index (χ2n) is 4.40. The first-order valence-electron chi connectivity index (χ1n) is 6.08. The van der Waals surface area contributed by atoms with Crippen LogP contribution in [0.25, 0.3) is 0 Å². The van der Waals surface area contributed by atoms with Crippen LogP contribution < -0.4 is 5.32 Å². The molecule has 0 radical (unpaired) electrons. The molecule has 0 aliphatic carbocycles. The Balaban J connectivity index is 2.03. The predicted molar refractivity (Wildman–Crippen MR) is 79.9 cm³/mol. The molecule has 3 N–H and O–H groups in total. The van der Waals surface area contributed by atoms with Crippen molar-refractivity contribution in [3.8, 4) is 5.75 Å². The number of benzene rings is 1. The summed E-state index contributed by atoms with van der Waals surface area (Å²) in [5.41, 5.74) is 0.125. The molecule has 110 valence electrons. The number of urea groups is 1. The van der Waals surface area contributed by atoms with E-state index in [9.17, 15) is 14.7 Å². The molecule has 7 heteroatoms. The number of carbonyl (C=O) groups excluding carboxylic acids is 1. The third kappa shape index (κ3) is 3.73. The average Bonchev–Trinajstić information content (AvgIpc) is 2.93. The van der Waals surface area contributed by atoms with Crippen molar-refractivity contribution in [2.24, 2.45) is 0 Å². The Labute approximate surface area is 125 Å². The van der Waals surface area contributed by atoms with Gasteiger partial charge in [0, 0.05) is 11.9 Å². The highest BCUT2D eigenvalue weighted by molar-refractivity contribution is 7.09. The maximum absolute atomic E-state index is 12.0. The van der Waals surface area contributed by atoms with Gasteiger partial charge in [0.2, 0.25) is 0 Å². The molecular weight excluding hydrogens is 292 g/mol. The quantitative estimate of drug-likeness (QED) is 0.758. The van der Waals surface area contributed by atoms with E-state index in [2.05, 4.69) is 5.32 Å². The summed E-state index contributed by atoms with van der Waals surface area (Å²) in [5.74, 6) is -1.43. The van der Waals surface area contributed by atoms with Gasteiger partial charge >= 0.3 is 12.0 Å². The van der Waals surface area contributed by atoms with Crippen LogP contribution in [0.5, 0.6) is 5.75 Å². The SMILES string of the molecule is CN(Cc1cccs1)C(=O)Nc1ccc(C(=O)O)cc1O. The van der Waals surface area contributed by atoms with E-state index in [1.807, 2.05) is 17.5 Å². The molecule has 21 heavy (non-hydrogen) atoms. The molecule has 6 nitrogen and oxygen atoms in total. The number of amides is 2. The third-order valence-electron chi connectivity index (χ3n) is 2.81. The van der Waals surface area contributed by atoms with Crippen LogP contribution in [0, 0.1) is 0 Å². The second kappa shape index (κ2) is 6.27. The highest BCUT2D eigenvalue weighted by Crippen LogP contribution is 2.24. The molecule has 2 amide bonds. The molecule has 0 spiro atoms. The van der Waals surface area contributed by atoms with Crippen LogP contribution >= 0.6 is 11.3 Å². The van der Waals surface area contributed by atoms with Gasteiger partial charge in [0.05, 0.1) is 17.8 Å². The molecular formula is C14H14N2O4S. The monoisotopic (exact) mass is 306 g/mol. The maximum atomic E-state index is 12.0. The summed E-state index contributed by atoms with van der Waals surface area (Å²) < 4.78 is 0. The van der Waals surface area contributed by atoms with Crippen molar-refractivity contribution in [1.82, 2.24) is 4.90 Å². The molecule has 0 fully saturated rings. The Morgan fingerprint density at radius 2 is 2.10 bits per heavy atom. The third-order valence-corrected chi connectivity index (χ3v) is 3.67. The maximum Gasteiger partial charge on any atom is 0.335 e. The number of rotatable bonds is 4. The molecule has 0 aliphatic rings. The first kappa shape index (κ1) is 14.9. The largest absolute Gasteiger partial charge is 0.506 e. The fraction of sp³-hybridized carbons (Fsp3) is 0.143. The first-order valence-corrected chi connectivity index (χ1v) is 6.96. The van der Waals surface area contributed by atoms with Crippen molar-refractivity contribution in [3.05, 3.63) is 46.2 Å². The number of aromatic hydroxyl groups is 1. The van der Waals surface area contributed by atoms with Crippen LogP contribution in [0.4, 0.5) is 10.5 Å². The number of aromatic carboxylic acids is 1. The van der Waals surface area contributed by atoms with Gasteiger partial charge in [-0.1, -0.05) is 6.07 Å². The van der Waals surface area contributed by atoms with Gasteiger partial charge in [0.15, 0.2) is 0 Å². The number of nitrogens with one attached hydrogen (secondary N) is 1. The zero-order valence-corrected chi connectivity index (χ0v) is 12.1. The Morgan fingerprint density at radius 3 is 2.67 bits per heavy atom. The standard InChI is InChI=1S/C14H14N2O4S/c1-16(8-10-3-2-6-21-10)14(20)15-11-5-4-9(13(18)19)7-12(11)17/h2-7,17H,8H2,1H3,(H,15,20)(H,18,19). The Bertz CT molecular complexity index is 655. The lowest BCUT2D eigenvalue weighted by Gasteiger charge is -2.17. The van der Waals surface area contributed by atoms with Crippen LogP contribution in [0.3, 0.4) is 0 Å². The fourth-order valence-corrected chi connectivity index (χ4v) is 2.45. The lowest BCUT2D eigenvalue weighted by Crippen LogP contribution is -2.30. The number of nitrogens with zero attached hydrogens (tertiary/aromatic N) is 1.